The summed E-state index contributed by atoms with van der Waals surface area (Å²) in [5, 5.41) is 11.0. The van der Waals surface area contributed by atoms with E-state index >= 15 is 0 Å². The van der Waals surface area contributed by atoms with Crippen LogP contribution in [0.15, 0.2) is 35.7 Å². The van der Waals surface area contributed by atoms with E-state index < -0.39 is 17.5 Å². The Morgan fingerprint density at radius 1 is 0.892 bits per heavy atom. The van der Waals surface area contributed by atoms with Crippen LogP contribution < -0.4 is 26.7 Å². The molecule has 4 rings (SSSR count). The number of benzene rings is 1. The molecule has 190 valence electrons. The van der Waals surface area contributed by atoms with E-state index in [1.54, 1.807) is 13.0 Å². The lowest BCUT2D eigenvalue weighted by atomic mass is 9.93. The van der Waals surface area contributed by atoms with Gasteiger partial charge >= 0.3 is 0 Å². The van der Waals surface area contributed by atoms with Gasteiger partial charge in [-0.3, -0.25) is 14.4 Å². The Hall–Kier alpha value is -5.13. The summed E-state index contributed by atoms with van der Waals surface area (Å²) in [6.07, 6.45) is 0. The van der Waals surface area contributed by atoms with E-state index in [1.807, 2.05) is 0 Å². The van der Waals surface area contributed by atoms with Crippen molar-refractivity contribution < 1.29 is 33.7 Å². The van der Waals surface area contributed by atoms with Crippen LogP contribution in [0.3, 0.4) is 0 Å². The molecule has 2 aromatic heterocycles. The molecule has 12 nitrogen and oxygen atoms in total. The van der Waals surface area contributed by atoms with Crippen molar-refractivity contribution >= 4 is 23.2 Å². The highest BCUT2D eigenvalue weighted by molar-refractivity contribution is 6.25. The number of primary amides is 1. The van der Waals surface area contributed by atoms with Gasteiger partial charge in [-0.15, -0.1) is 0 Å². The Labute approximate surface area is 210 Å². The number of amides is 1. The zero-order valence-electron chi connectivity index (χ0n) is 20.3. The summed E-state index contributed by atoms with van der Waals surface area (Å²) >= 11 is 0. The van der Waals surface area contributed by atoms with E-state index in [2.05, 4.69) is 9.97 Å². The molecule has 1 aromatic carbocycles. The van der Waals surface area contributed by atoms with Crippen LogP contribution in [0, 0.1) is 6.92 Å². The molecule has 1 aliphatic carbocycles. The van der Waals surface area contributed by atoms with Crippen LogP contribution in [0.1, 0.15) is 36.9 Å². The van der Waals surface area contributed by atoms with Gasteiger partial charge in [0.1, 0.15) is 22.8 Å². The maximum absolute atomic E-state index is 12.8. The first-order valence-corrected chi connectivity index (χ1v) is 10.8. The number of allylic oxidation sites excluding steroid dienone is 2. The second kappa shape index (κ2) is 9.15. The van der Waals surface area contributed by atoms with Gasteiger partial charge in [0, 0.05) is 11.1 Å². The molecule has 2 heterocycles. The first-order chi connectivity index (χ1) is 17.6. The molecular formula is C25H23N5O7. The number of anilines is 1. The zero-order chi connectivity index (χ0) is 27.2. The molecule has 12 heteroatoms. The Bertz CT molecular complexity index is 1550. The van der Waals surface area contributed by atoms with Crippen LogP contribution >= 0.6 is 0 Å². The Kier molecular flexibility index (Phi) is 6.18. The summed E-state index contributed by atoms with van der Waals surface area (Å²) in [5.74, 6) is -2.44. The number of pyridine rings is 2. The number of phenols is 1. The first kappa shape index (κ1) is 25.0. The summed E-state index contributed by atoms with van der Waals surface area (Å²) in [6, 6.07) is 5.86. The molecule has 0 spiro atoms. The van der Waals surface area contributed by atoms with Crippen molar-refractivity contribution in [3.05, 3.63) is 58.2 Å². The molecule has 0 unspecified atom stereocenters. The number of hydrogen-bond acceptors (Lipinski definition) is 11. The fourth-order valence-corrected chi connectivity index (χ4v) is 4.21. The second-order valence-corrected chi connectivity index (χ2v) is 7.98. The minimum absolute atomic E-state index is 0.00766. The number of nitrogens with two attached hydrogens (primary N) is 3. The van der Waals surface area contributed by atoms with Crippen LogP contribution in [-0.4, -0.2) is 53.9 Å². The van der Waals surface area contributed by atoms with Crippen LogP contribution in [0.4, 0.5) is 5.69 Å². The number of nitrogen functional groups attached to an aromatic ring is 1. The quantitative estimate of drug-likeness (QED) is 0.380. The lowest BCUT2D eigenvalue weighted by Crippen LogP contribution is -2.28. The number of methoxy groups -OCH3 is 3. The monoisotopic (exact) mass is 505 g/mol. The van der Waals surface area contributed by atoms with Gasteiger partial charge < -0.3 is 36.5 Å². The number of Topliss-reactive ketones (excluding diaryl/α,β-unsaturated/α-hetero) is 2. The van der Waals surface area contributed by atoms with Gasteiger partial charge in [-0.2, -0.15) is 0 Å². The highest BCUT2D eigenvalue weighted by Gasteiger charge is 2.34. The van der Waals surface area contributed by atoms with Crippen molar-refractivity contribution in [1.29, 1.82) is 0 Å². The molecule has 1 amide bonds. The highest BCUT2D eigenvalue weighted by atomic mass is 16.5. The summed E-state index contributed by atoms with van der Waals surface area (Å²) in [4.78, 5) is 46.4. The smallest absolute Gasteiger partial charge is 0.267 e. The molecule has 0 atom stereocenters. The number of aromatic nitrogens is 2. The average molecular weight is 505 g/mol. The molecule has 0 saturated carbocycles. The van der Waals surface area contributed by atoms with Crippen LogP contribution in [0.25, 0.3) is 22.5 Å². The summed E-state index contributed by atoms with van der Waals surface area (Å²) < 4.78 is 15.5. The van der Waals surface area contributed by atoms with E-state index in [0.717, 1.165) is 0 Å². The topological polar surface area (TPSA) is 203 Å². The summed E-state index contributed by atoms with van der Waals surface area (Å²) in [5.41, 5.74) is 18.0. The number of carbonyl (C=O) groups is 3. The lowest BCUT2D eigenvalue weighted by Gasteiger charge is -2.20. The number of aromatic hydroxyl groups is 1. The molecule has 0 saturated heterocycles. The van der Waals surface area contributed by atoms with Crippen molar-refractivity contribution in [1.82, 2.24) is 9.97 Å². The maximum atomic E-state index is 12.8. The fourth-order valence-electron chi connectivity index (χ4n) is 4.21. The standard InChI is InChI=1S/C25H23N5O7/c1-9-14(10-6-8-13(35-2)23(36-3)20(10)31)15(26)19(30-17(9)25(28)34)12-7-5-11-18(29-12)22(33)16(27)24(37-4)21(11)32/h5-8,31H,26-27H2,1-4H3,(H2,28,34). The number of carbonyl (C=O) groups excluding carboxylic acids is 3. The highest BCUT2D eigenvalue weighted by Crippen LogP contribution is 2.47. The van der Waals surface area contributed by atoms with Gasteiger partial charge in [-0.05, 0) is 36.8 Å². The zero-order valence-corrected chi connectivity index (χ0v) is 20.3. The van der Waals surface area contributed by atoms with Gasteiger partial charge in [-0.25, -0.2) is 9.97 Å². The minimum Gasteiger partial charge on any atom is -0.504 e. The Balaban J connectivity index is 2.01. The third-order valence-corrected chi connectivity index (χ3v) is 6.00. The summed E-state index contributed by atoms with van der Waals surface area (Å²) in [7, 11) is 4.00. The molecule has 37 heavy (non-hydrogen) atoms. The third-order valence-electron chi connectivity index (χ3n) is 6.00. The summed E-state index contributed by atoms with van der Waals surface area (Å²) in [6.45, 7) is 1.57. The van der Waals surface area contributed by atoms with E-state index in [-0.39, 0.29) is 79.4 Å². The number of rotatable bonds is 6. The van der Waals surface area contributed by atoms with Gasteiger partial charge in [0.2, 0.25) is 17.3 Å². The fraction of sp³-hybridized carbons (Fsp3) is 0.160. The number of hydrogen-bond donors (Lipinski definition) is 4. The van der Waals surface area contributed by atoms with E-state index in [9.17, 15) is 19.5 Å². The van der Waals surface area contributed by atoms with Crippen molar-refractivity contribution in [2.75, 3.05) is 27.1 Å². The molecular weight excluding hydrogens is 482 g/mol. The number of nitrogens with zero attached hydrogens (tertiary/aromatic N) is 2. The van der Waals surface area contributed by atoms with Crippen LogP contribution in [0.2, 0.25) is 0 Å². The molecule has 0 radical (unpaired) electrons. The van der Waals surface area contributed by atoms with Crippen LogP contribution in [0.5, 0.6) is 17.2 Å². The van der Waals surface area contributed by atoms with Gasteiger partial charge in [0.15, 0.2) is 17.3 Å². The van der Waals surface area contributed by atoms with E-state index in [1.165, 1.54) is 39.5 Å². The molecule has 3 aromatic rings. The number of phenolic OH excluding ortho intramolecular Hbond substituents is 1. The van der Waals surface area contributed by atoms with Crippen molar-refractivity contribution in [2.45, 2.75) is 6.92 Å². The number of fused-ring (bicyclic) bond motifs is 1. The van der Waals surface area contributed by atoms with Crippen molar-refractivity contribution in [2.24, 2.45) is 11.5 Å². The average Bonchev–Trinajstić information content (AvgIpc) is 2.88. The Morgan fingerprint density at radius 3 is 2.16 bits per heavy atom. The number of ether oxygens (including phenoxy) is 3. The third kappa shape index (κ3) is 3.75. The second-order valence-electron chi connectivity index (χ2n) is 7.98. The SMILES string of the molecule is COC1=C(N)C(=O)c2nc(-c3nc(C(N)=O)c(C)c(-c4ccc(OC)c(OC)c4O)c3N)ccc2C1=O. The first-order valence-electron chi connectivity index (χ1n) is 10.8. The van der Waals surface area contributed by atoms with E-state index in [4.69, 9.17) is 31.4 Å². The van der Waals surface area contributed by atoms with Crippen molar-refractivity contribution in [3.8, 4) is 39.8 Å². The van der Waals surface area contributed by atoms with Gasteiger partial charge in [0.25, 0.3) is 5.91 Å². The minimum atomic E-state index is -0.860. The van der Waals surface area contributed by atoms with E-state index in [0.29, 0.717) is 0 Å². The largest absolute Gasteiger partial charge is 0.504 e. The normalized spacial score (nSPS) is 12.9. The van der Waals surface area contributed by atoms with Crippen LogP contribution in [-0.2, 0) is 4.74 Å². The maximum Gasteiger partial charge on any atom is 0.267 e. The molecule has 1 aliphatic rings. The molecule has 0 aliphatic heterocycles. The molecule has 0 bridgehead atoms. The van der Waals surface area contributed by atoms with Gasteiger partial charge in [0.05, 0.1) is 38.3 Å². The van der Waals surface area contributed by atoms with Crippen molar-refractivity contribution in [3.63, 3.8) is 0 Å². The van der Waals surface area contributed by atoms with Gasteiger partial charge in [-0.1, -0.05) is 0 Å². The lowest BCUT2D eigenvalue weighted by molar-refractivity contribution is 0.0902. The number of ketones is 2. The Morgan fingerprint density at radius 2 is 1.57 bits per heavy atom. The molecule has 7 N–H and O–H groups in total. The predicted octanol–water partition coefficient (Wildman–Crippen LogP) is 1.72. The predicted molar refractivity (Wildman–Crippen MR) is 132 cm³/mol. The molecule has 0 fully saturated rings.